The first kappa shape index (κ1) is 17.1. The van der Waals surface area contributed by atoms with E-state index in [9.17, 15) is 25.0 Å². The normalized spacial score (nSPS) is 18.5. The van der Waals surface area contributed by atoms with Crippen molar-refractivity contribution >= 4 is 28.5 Å². The molecule has 9 nitrogen and oxygen atoms in total. The van der Waals surface area contributed by atoms with E-state index in [4.69, 9.17) is 0 Å². The number of benzene rings is 2. The van der Waals surface area contributed by atoms with Crippen molar-refractivity contribution in [2.24, 2.45) is 0 Å². The molecule has 26 heavy (non-hydrogen) atoms. The van der Waals surface area contributed by atoms with Crippen molar-refractivity contribution in [2.75, 3.05) is 10.6 Å². The average Bonchev–Trinajstić information content (AvgIpc) is 2.95. The summed E-state index contributed by atoms with van der Waals surface area (Å²) in [5, 5.41) is 28.1. The molecule has 0 aromatic heterocycles. The Labute approximate surface area is 147 Å². The highest BCUT2D eigenvalue weighted by Gasteiger charge is 2.32. The quantitative estimate of drug-likeness (QED) is 0.603. The molecule has 0 heterocycles. The standard InChI is InChI=1S/C17H14N4O5/c22-16-10-9-13(18-11-5-1-3-7-14(11)20(23)24)17(16)19-12-6-2-4-8-15(12)21(25)26/h1-10,13,17-19H/t13-,17+/m1/s1. The van der Waals surface area contributed by atoms with Crippen molar-refractivity contribution in [1.29, 1.82) is 0 Å². The van der Waals surface area contributed by atoms with Gasteiger partial charge in [-0.3, -0.25) is 25.0 Å². The molecule has 1 aliphatic rings. The second kappa shape index (κ2) is 7.01. The Morgan fingerprint density at radius 3 is 1.85 bits per heavy atom. The van der Waals surface area contributed by atoms with Crippen molar-refractivity contribution in [3.8, 4) is 0 Å². The van der Waals surface area contributed by atoms with Gasteiger partial charge in [-0.1, -0.05) is 30.3 Å². The van der Waals surface area contributed by atoms with Gasteiger partial charge in [0.15, 0.2) is 5.78 Å². The van der Waals surface area contributed by atoms with E-state index in [2.05, 4.69) is 10.6 Å². The number of anilines is 2. The molecule has 0 aliphatic heterocycles. The lowest BCUT2D eigenvalue weighted by atomic mass is 10.1. The number of nitrogens with zero attached hydrogens (tertiary/aromatic N) is 2. The zero-order valence-electron chi connectivity index (χ0n) is 13.4. The summed E-state index contributed by atoms with van der Waals surface area (Å²) in [7, 11) is 0. The van der Waals surface area contributed by atoms with E-state index in [1.807, 2.05) is 0 Å². The lowest BCUT2D eigenvalue weighted by molar-refractivity contribution is -0.384. The van der Waals surface area contributed by atoms with Gasteiger partial charge in [-0.05, 0) is 18.2 Å². The van der Waals surface area contributed by atoms with Crippen molar-refractivity contribution < 1.29 is 14.6 Å². The van der Waals surface area contributed by atoms with Gasteiger partial charge in [0.05, 0.1) is 15.9 Å². The molecule has 0 amide bonds. The molecular formula is C17H14N4O5. The first-order valence-electron chi connectivity index (χ1n) is 7.69. The summed E-state index contributed by atoms with van der Waals surface area (Å²) in [5.41, 5.74) is 0.187. The number of hydrogen-bond acceptors (Lipinski definition) is 7. The maximum absolute atomic E-state index is 12.2. The Morgan fingerprint density at radius 1 is 0.808 bits per heavy atom. The zero-order chi connectivity index (χ0) is 18.7. The number of nitrogens with one attached hydrogen (secondary N) is 2. The lowest BCUT2D eigenvalue weighted by Gasteiger charge is -2.22. The number of carbonyl (C=O) groups is 1. The van der Waals surface area contributed by atoms with E-state index >= 15 is 0 Å². The summed E-state index contributed by atoms with van der Waals surface area (Å²) in [6.07, 6.45) is 2.92. The number of nitro benzene ring substituents is 2. The predicted molar refractivity (Wildman–Crippen MR) is 95.2 cm³/mol. The molecule has 9 heteroatoms. The fraction of sp³-hybridized carbons (Fsp3) is 0.118. The predicted octanol–water partition coefficient (Wildman–Crippen LogP) is 2.90. The third-order valence-electron chi connectivity index (χ3n) is 3.97. The van der Waals surface area contributed by atoms with Crippen molar-refractivity contribution in [2.45, 2.75) is 12.1 Å². The van der Waals surface area contributed by atoms with Crippen LogP contribution in [0.3, 0.4) is 0 Å². The molecule has 0 spiro atoms. The number of para-hydroxylation sites is 4. The summed E-state index contributed by atoms with van der Waals surface area (Å²) >= 11 is 0. The minimum atomic E-state index is -0.823. The number of ketones is 1. The first-order chi connectivity index (χ1) is 12.5. The molecular weight excluding hydrogens is 340 g/mol. The molecule has 0 saturated heterocycles. The minimum absolute atomic E-state index is 0.121. The molecule has 0 unspecified atom stereocenters. The molecule has 0 saturated carbocycles. The van der Waals surface area contributed by atoms with Gasteiger partial charge >= 0.3 is 0 Å². The topological polar surface area (TPSA) is 127 Å². The van der Waals surface area contributed by atoms with Gasteiger partial charge in [0.2, 0.25) is 0 Å². The molecule has 0 radical (unpaired) electrons. The van der Waals surface area contributed by atoms with E-state index in [1.54, 1.807) is 24.3 Å². The van der Waals surface area contributed by atoms with Gasteiger partial charge in [0.25, 0.3) is 11.4 Å². The molecule has 3 rings (SSSR count). The van der Waals surface area contributed by atoms with Crippen LogP contribution in [-0.4, -0.2) is 27.7 Å². The monoisotopic (exact) mass is 354 g/mol. The Morgan fingerprint density at radius 2 is 1.31 bits per heavy atom. The van der Waals surface area contributed by atoms with Gasteiger partial charge < -0.3 is 10.6 Å². The third kappa shape index (κ3) is 3.36. The molecule has 2 aromatic rings. The van der Waals surface area contributed by atoms with Crippen LogP contribution < -0.4 is 10.6 Å². The highest BCUT2D eigenvalue weighted by Crippen LogP contribution is 2.29. The number of nitro groups is 2. The smallest absolute Gasteiger partial charge is 0.292 e. The fourth-order valence-electron chi connectivity index (χ4n) is 2.74. The van der Waals surface area contributed by atoms with Gasteiger partial charge in [0.1, 0.15) is 17.4 Å². The van der Waals surface area contributed by atoms with Crippen molar-refractivity contribution in [3.05, 3.63) is 80.9 Å². The Hall–Kier alpha value is -3.75. The van der Waals surface area contributed by atoms with Gasteiger partial charge in [-0.15, -0.1) is 0 Å². The van der Waals surface area contributed by atoms with Gasteiger partial charge in [-0.25, -0.2) is 0 Å². The molecule has 2 N–H and O–H groups in total. The SMILES string of the molecule is O=C1C=C[C@@H](Nc2ccccc2[N+](=O)[O-])[C@@H]1Nc1ccccc1[N+](=O)[O-]. The third-order valence-corrected chi connectivity index (χ3v) is 3.97. The maximum atomic E-state index is 12.2. The van der Waals surface area contributed by atoms with Crippen LogP contribution in [0, 0.1) is 20.2 Å². The first-order valence-corrected chi connectivity index (χ1v) is 7.69. The summed E-state index contributed by atoms with van der Waals surface area (Å²) in [6, 6.07) is 10.6. The Kier molecular flexibility index (Phi) is 4.61. The van der Waals surface area contributed by atoms with E-state index < -0.39 is 21.9 Å². The van der Waals surface area contributed by atoms with Crippen LogP contribution in [0.5, 0.6) is 0 Å². The van der Waals surface area contributed by atoms with Crippen molar-refractivity contribution in [1.82, 2.24) is 0 Å². The fourth-order valence-corrected chi connectivity index (χ4v) is 2.74. The minimum Gasteiger partial charge on any atom is -0.371 e. The van der Waals surface area contributed by atoms with Crippen LogP contribution in [-0.2, 0) is 4.79 Å². The summed E-state index contributed by atoms with van der Waals surface area (Å²) in [6.45, 7) is 0. The van der Waals surface area contributed by atoms with E-state index in [1.165, 1.54) is 36.4 Å². The molecule has 1 aliphatic carbocycles. The van der Waals surface area contributed by atoms with Crippen LogP contribution in [0.1, 0.15) is 0 Å². The highest BCUT2D eigenvalue weighted by atomic mass is 16.6. The number of hydrogen-bond donors (Lipinski definition) is 2. The summed E-state index contributed by atoms with van der Waals surface area (Å²) in [4.78, 5) is 33.4. The van der Waals surface area contributed by atoms with Crippen LogP contribution in [0.4, 0.5) is 22.7 Å². The van der Waals surface area contributed by atoms with Gasteiger partial charge in [0, 0.05) is 12.1 Å². The van der Waals surface area contributed by atoms with Crippen LogP contribution in [0.15, 0.2) is 60.7 Å². The molecule has 2 aromatic carbocycles. The van der Waals surface area contributed by atoms with Crippen molar-refractivity contribution in [3.63, 3.8) is 0 Å². The number of rotatable bonds is 6. The molecule has 132 valence electrons. The molecule has 2 atom stereocenters. The van der Waals surface area contributed by atoms with E-state index in [-0.39, 0.29) is 28.5 Å². The Balaban J connectivity index is 1.86. The van der Waals surface area contributed by atoms with Crippen LogP contribution >= 0.6 is 0 Å². The molecule has 0 fully saturated rings. The number of carbonyl (C=O) groups excluding carboxylic acids is 1. The lowest BCUT2D eigenvalue weighted by Crippen LogP contribution is -2.39. The van der Waals surface area contributed by atoms with Crippen LogP contribution in [0.2, 0.25) is 0 Å². The molecule has 0 bridgehead atoms. The van der Waals surface area contributed by atoms with E-state index in [0.29, 0.717) is 0 Å². The highest BCUT2D eigenvalue weighted by molar-refractivity contribution is 6.00. The zero-order valence-corrected chi connectivity index (χ0v) is 13.4. The Bertz CT molecular complexity index is 912. The van der Waals surface area contributed by atoms with E-state index in [0.717, 1.165) is 0 Å². The van der Waals surface area contributed by atoms with Gasteiger partial charge in [-0.2, -0.15) is 0 Å². The second-order valence-electron chi connectivity index (χ2n) is 5.60. The second-order valence-corrected chi connectivity index (χ2v) is 5.60. The largest absolute Gasteiger partial charge is 0.371 e. The maximum Gasteiger partial charge on any atom is 0.292 e. The summed E-state index contributed by atoms with van der Waals surface area (Å²) < 4.78 is 0. The average molecular weight is 354 g/mol. The van der Waals surface area contributed by atoms with Crippen LogP contribution in [0.25, 0.3) is 0 Å². The summed E-state index contributed by atoms with van der Waals surface area (Å²) in [5.74, 6) is -0.278.